The van der Waals surface area contributed by atoms with Gasteiger partial charge in [0.15, 0.2) is 28.3 Å². The molecule has 1 fully saturated rings. The molecule has 4 aromatic rings. The number of halogens is 3. The lowest BCUT2D eigenvalue weighted by Crippen LogP contribution is -2.19. The first-order valence-electron chi connectivity index (χ1n) is 11.9. The third-order valence-corrected chi connectivity index (χ3v) is 7.56. The second kappa shape index (κ2) is 11.0. The lowest BCUT2D eigenvalue weighted by Gasteiger charge is -2.23. The van der Waals surface area contributed by atoms with Gasteiger partial charge >= 0.3 is 0 Å². The molecule has 1 unspecified atom stereocenters. The standard InChI is InChI=1S/C25H21F3N6O5S/c1-37-25-21(8-14(26)10-31-25)40(35,36)33-19-6-5-18(27)17(23(19)28)13-39-20-12-30-24-16(15(20)9-29)11-32-34(24)22-4-2-3-7-38-22/h5-6,8,10-12,22,33H,2-4,7,13H2,1H3. The summed E-state index contributed by atoms with van der Waals surface area (Å²) in [5.74, 6) is -3.75. The molecule has 1 atom stereocenters. The summed E-state index contributed by atoms with van der Waals surface area (Å²) in [5, 5.41) is 14.5. The van der Waals surface area contributed by atoms with Crippen molar-refractivity contribution >= 4 is 26.7 Å². The van der Waals surface area contributed by atoms with E-state index in [0.29, 0.717) is 23.7 Å². The number of fused-ring (bicyclic) bond motifs is 1. The van der Waals surface area contributed by atoms with E-state index in [4.69, 9.17) is 14.2 Å². The second-order valence-corrected chi connectivity index (χ2v) is 10.4. The minimum Gasteiger partial charge on any atom is -0.486 e. The number of methoxy groups -OCH3 is 1. The molecule has 1 aromatic carbocycles. The maximum absolute atomic E-state index is 15.3. The molecule has 15 heteroatoms. The van der Waals surface area contributed by atoms with Gasteiger partial charge in [0.2, 0.25) is 5.88 Å². The summed E-state index contributed by atoms with van der Waals surface area (Å²) in [7, 11) is -3.46. The molecule has 1 saturated heterocycles. The molecule has 5 rings (SSSR count). The van der Waals surface area contributed by atoms with Gasteiger partial charge in [-0.25, -0.2) is 36.2 Å². The molecular weight excluding hydrogens is 553 g/mol. The van der Waals surface area contributed by atoms with Crippen LogP contribution in [0, 0.1) is 28.8 Å². The zero-order chi connectivity index (χ0) is 28.4. The summed E-state index contributed by atoms with van der Waals surface area (Å²) in [4.78, 5) is 7.19. The van der Waals surface area contributed by atoms with Crippen LogP contribution < -0.4 is 14.2 Å². The molecule has 0 spiro atoms. The van der Waals surface area contributed by atoms with E-state index in [0.717, 1.165) is 44.7 Å². The fraction of sp³-hybridized carbons (Fsp3) is 0.280. The Morgan fingerprint density at radius 2 is 2.02 bits per heavy atom. The smallest absolute Gasteiger partial charge is 0.267 e. The molecule has 0 aliphatic carbocycles. The summed E-state index contributed by atoms with van der Waals surface area (Å²) in [5.41, 5.74) is -0.809. The van der Waals surface area contributed by atoms with E-state index in [2.05, 4.69) is 15.1 Å². The van der Waals surface area contributed by atoms with Crippen LogP contribution in [0.4, 0.5) is 18.9 Å². The molecule has 0 bridgehead atoms. The lowest BCUT2D eigenvalue weighted by molar-refractivity contribution is -0.0370. The zero-order valence-corrected chi connectivity index (χ0v) is 21.7. The van der Waals surface area contributed by atoms with Crippen molar-refractivity contribution < 1.29 is 35.8 Å². The Morgan fingerprint density at radius 1 is 1.20 bits per heavy atom. The molecule has 0 amide bonds. The average molecular weight is 575 g/mol. The van der Waals surface area contributed by atoms with Crippen LogP contribution >= 0.6 is 0 Å². The third-order valence-electron chi connectivity index (χ3n) is 6.20. The van der Waals surface area contributed by atoms with Gasteiger partial charge in [0, 0.05) is 12.7 Å². The van der Waals surface area contributed by atoms with Crippen molar-refractivity contribution in [1.82, 2.24) is 19.7 Å². The topological polar surface area (TPSA) is 141 Å². The number of sulfonamides is 1. The van der Waals surface area contributed by atoms with E-state index in [1.54, 1.807) is 4.68 Å². The number of benzene rings is 1. The first-order chi connectivity index (χ1) is 19.2. The summed E-state index contributed by atoms with van der Waals surface area (Å²) < 4.78 is 89.0. The molecule has 1 aliphatic rings. The summed E-state index contributed by atoms with van der Waals surface area (Å²) >= 11 is 0. The molecule has 3 aromatic heterocycles. The first-order valence-corrected chi connectivity index (χ1v) is 13.4. The fourth-order valence-electron chi connectivity index (χ4n) is 4.24. The van der Waals surface area contributed by atoms with E-state index in [-0.39, 0.29) is 17.5 Å². The monoisotopic (exact) mass is 574 g/mol. The van der Waals surface area contributed by atoms with E-state index in [9.17, 15) is 22.5 Å². The molecule has 1 aliphatic heterocycles. The minimum absolute atomic E-state index is 0.0513. The number of nitrogens with zero attached hydrogens (tertiary/aromatic N) is 5. The van der Waals surface area contributed by atoms with Crippen LogP contribution in [-0.4, -0.2) is 41.9 Å². The van der Waals surface area contributed by atoms with E-state index < -0.39 is 56.1 Å². The number of nitriles is 1. The highest BCUT2D eigenvalue weighted by molar-refractivity contribution is 7.92. The van der Waals surface area contributed by atoms with Gasteiger partial charge in [-0.15, -0.1) is 0 Å². The number of aromatic nitrogens is 4. The molecule has 40 heavy (non-hydrogen) atoms. The van der Waals surface area contributed by atoms with Gasteiger partial charge < -0.3 is 14.2 Å². The number of hydrogen-bond donors (Lipinski definition) is 1. The number of anilines is 1. The number of rotatable bonds is 8. The Balaban J connectivity index is 1.41. The van der Waals surface area contributed by atoms with Crippen LogP contribution in [0.1, 0.15) is 36.6 Å². The Bertz CT molecular complexity index is 1740. The third kappa shape index (κ3) is 5.10. The van der Waals surface area contributed by atoms with Crippen molar-refractivity contribution in [3.8, 4) is 17.7 Å². The Hall–Kier alpha value is -4.42. The van der Waals surface area contributed by atoms with Crippen LogP contribution in [-0.2, 0) is 21.4 Å². The van der Waals surface area contributed by atoms with Crippen LogP contribution in [0.15, 0.2) is 41.7 Å². The van der Waals surface area contributed by atoms with E-state index >= 15 is 4.39 Å². The number of pyridine rings is 2. The quantitative estimate of drug-likeness (QED) is 0.328. The molecule has 1 N–H and O–H groups in total. The maximum Gasteiger partial charge on any atom is 0.267 e. The van der Waals surface area contributed by atoms with Crippen LogP contribution in [0.25, 0.3) is 11.0 Å². The zero-order valence-electron chi connectivity index (χ0n) is 20.9. The molecule has 11 nitrogen and oxygen atoms in total. The van der Waals surface area contributed by atoms with E-state index in [1.807, 2.05) is 10.8 Å². The largest absolute Gasteiger partial charge is 0.486 e. The average Bonchev–Trinajstić information content (AvgIpc) is 3.39. The van der Waals surface area contributed by atoms with Gasteiger partial charge in [0.25, 0.3) is 10.0 Å². The van der Waals surface area contributed by atoms with Crippen molar-refractivity contribution in [2.75, 3.05) is 18.4 Å². The fourth-order valence-corrected chi connectivity index (χ4v) is 5.43. The van der Waals surface area contributed by atoms with Crippen LogP contribution in [0.2, 0.25) is 0 Å². The van der Waals surface area contributed by atoms with Crippen molar-refractivity contribution in [3.05, 3.63) is 65.4 Å². The van der Waals surface area contributed by atoms with Gasteiger partial charge in [0.1, 0.15) is 29.9 Å². The van der Waals surface area contributed by atoms with Crippen LogP contribution in [0.5, 0.6) is 11.6 Å². The Morgan fingerprint density at radius 3 is 2.75 bits per heavy atom. The highest BCUT2D eigenvalue weighted by atomic mass is 32.2. The lowest BCUT2D eigenvalue weighted by atomic mass is 10.1. The number of hydrogen-bond acceptors (Lipinski definition) is 9. The SMILES string of the molecule is COc1ncc(F)cc1S(=O)(=O)Nc1ccc(F)c(COc2cnc3c(cnn3C3CCCCO3)c2C#N)c1F. The molecule has 0 saturated carbocycles. The maximum atomic E-state index is 15.3. The minimum atomic E-state index is -4.59. The normalized spacial score (nSPS) is 15.5. The van der Waals surface area contributed by atoms with Gasteiger partial charge in [0.05, 0.1) is 42.3 Å². The van der Waals surface area contributed by atoms with Crippen molar-refractivity contribution in [1.29, 1.82) is 5.26 Å². The van der Waals surface area contributed by atoms with Gasteiger partial charge in [-0.05, 0) is 31.4 Å². The Labute approximate surface area is 226 Å². The predicted molar refractivity (Wildman–Crippen MR) is 133 cm³/mol. The van der Waals surface area contributed by atoms with Crippen LogP contribution in [0.3, 0.4) is 0 Å². The predicted octanol–water partition coefficient (Wildman–Crippen LogP) is 4.20. The highest BCUT2D eigenvalue weighted by Crippen LogP contribution is 2.32. The summed E-state index contributed by atoms with van der Waals surface area (Å²) in [6.07, 6.45) is 5.75. The second-order valence-electron chi connectivity index (χ2n) is 8.70. The van der Waals surface area contributed by atoms with Gasteiger partial charge in [-0.3, -0.25) is 4.72 Å². The molecular formula is C25H21F3N6O5S. The Kier molecular flexibility index (Phi) is 7.46. The van der Waals surface area contributed by atoms with Gasteiger partial charge in [-0.2, -0.15) is 10.4 Å². The van der Waals surface area contributed by atoms with Crippen molar-refractivity contribution in [3.63, 3.8) is 0 Å². The summed E-state index contributed by atoms with van der Waals surface area (Å²) in [6, 6.07) is 4.35. The highest BCUT2D eigenvalue weighted by Gasteiger charge is 2.26. The first kappa shape index (κ1) is 27.2. The molecule has 208 valence electrons. The number of ether oxygens (including phenoxy) is 3. The van der Waals surface area contributed by atoms with Crippen molar-refractivity contribution in [2.45, 2.75) is 37.0 Å². The number of nitrogens with one attached hydrogen (secondary N) is 1. The molecule has 4 heterocycles. The van der Waals surface area contributed by atoms with Crippen molar-refractivity contribution in [2.24, 2.45) is 0 Å². The summed E-state index contributed by atoms with van der Waals surface area (Å²) in [6.45, 7) is -0.128. The van der Waals surface area contributed by atoms with Gasteiger partial charge in [-0.1, -0.05) is 0 Å². The molecule has 0 radical (unpaired) electrons. The van der Waals surface area contributed by atoms with E-state index in [1.165, 1.54) is 12.4 Å².